The van der Waals surface area contributed by atoms with E-state index < -0.39 is 0 Å². The second-order valence-corrected chi connectivity index (χ2v) is 4.37. The minimum atomic E-state index is 0.539. The first kappa shape index (κ1) is 11.1. The van der Waals surface area contributed by atoms with Gasteiger partial charge in [-0.05, 0) is 46.5 Å². The van der Waals surface area contributed by atoms with Gasteiger partial charge in [0.25, 0.3) is 0 Å². The zero-order valence-corrected chi connectivity index (χ0v) is 10.6. The zero-order chi connectivity index (χ0) is 11.5. The maximum atomic E-state index is 5.72. The number of nitrogen functional groups attached to an aromatic ring is 1. The molecule has 0 saturated heterocycles. The fourth-order valence-electron chi connectivity index (χ4n) is 1.52. The van der Waals surface area contributed by atoms with E-state index in [0.717, 1.165) is 23.1 Å². The highest BCUT2D eigenvalue weighted by atomic mass is 79.9. The Labute approximate surface area is 103 Å². The van der Waals surface area contributed by atoms with Crippen molar-refractivity contribution in [2.24, 2.45) is 7.05 Å². The van der Waals surface area contributed by atoms with Gasteiger partial charge in [0.1, 0.15) is 4.60 Å². The monoisotopic (exact) mass is 280 g/mol. The van der Waals surface area contributed by atoms with Crippen LogP contribution in [0.15, 0.2) is 29.1 Å². The van der Waals surface area contributed by atoms with Gasteiger partial charge in [0.05, 0.1) is 5.69 Å². The molecule has 0 aliphatic carbocycles. The van der Waals surface area contributed by atoms with Crippen LogP contribution in [0.5, 0.6) is 0 Å². The molecule has 2 rings (SSSR count). The molecule has 2 heterocycles. The number of nitrogens with two attached hydrogens (primary N) is 1. The first-order valence-electron chi connectivity index (χ1n) is 5.04. The lowest BCUT2D eigenvalue weighted by Crippen LogP contribution is -1.96. The lowest BCUT2D eigenvalue weighted by Gasteiger charge is -1.99. The Morgan fingerprint density at radius 3 is 2.56 bits per heavy atom. The predicted octanol–water partition coefficient (Wildman–Crippen LogP) is 1.95. The molecular weight excluding hydrogens is 268 g/mol. The molecule has 0 amide bonds. The van der Waals surface area contributed by atoms with Gasteiger partial charge in [-0.1, -0.05) is 0 Å². The van der Waals surface area contributed by atoms with Crippen molar-refractivity contribution in [3.05, 3.63) is 40.4 Å². The Kier molecular flexibility index (Phi) is 3.24. The second-order valence-electron chi connectivity index (χ2n) is 3.62. The van der Waals surface area contributed by atoms with Crippen molar-refractivity contribution >= 4 is 21.9 Å². The number of nitrogens with zero attached hydrogens (tertiary/aromatic N) is 3. The highest BCUT2D eigenvalue weighted by Crippen LogP contribution is 2.20. The van der Waals surface area contributed by atoms with Crippen LogP contribution in [0.3, 0.4) is 0 Å². The molecule has 2 aromatic heterocycles. The summed E-state index contributed by atoms with van der Waals surface area (Å²) in [7, 11) is 1.89. The van der Waals surface area contributed by atoms with Gasteiger partial charge < -0.3 is 10.3 Å². The summed E-state index contributed by atoms with van der Waals surface area (Å²) in [6.45, 7) is 0. The van der Waals surface area contributed by atoms with Gasteiger partial charge in [0.2, 0.25) is 5.95 Å². The topological polar surface area (TPSA) is 56.7 Å². The second kappa shape index (κ2) is 4.65. The van der Waals surface area contributed by atoms with Gasteiger partial charge in [-0.2, -0.15) is 0 Å². The van der Waals surface area contributed by atoms with Gasteiger partial charge in [-0.25, -0.2) is 4.98 Å². The van der Waals surface area contributed by atoms with Crippen LogP contribution < -0.4 is 5.73 Å². The number of pyridine rings is 1. The van der Waals surface area contributed by atoms with E-state index in [2.05, 4.69) is 25.9 Å². The van der Waals surface area contributed by atoms with Crippen molar-refractivity contribution in [1.82, 2.24) is 14.5 Å². The number of aromatic nitrogens is 3. The number of aryl methyl sites for hydroxylation is 2. The van der Waals surface area contributed by atoms with Crippen LogP contribution in [-0.2, 0) is 19.9 Å². The third-order valence-electron chi connectivity index (χ3n) is 2.53. The molecule has 0 atom stereocenters. The van der Waals surface area contributed by atoms with E-state index in [1.54, 1.807) is 12.4 Å². The van der Waals surface area contributed by atoms with Crippen LogP contribution in [0.1, 0.15) is 11.3 Å². The molecule has 2 N–H and O–H groups in total. The summed E-state index contributed by atoms with van der Waals surface area (Å²) in [5.41, 5.74) is 7.97. The van der Waals surface area contributed by atoms with Gasteiger partial charge in [-0.15, -0.1) is 0 Å². The van der Waals surface area contributed by atoms with Crippen LogP contribution in [0, 0.1) is 0 Å². The molecule has 0 radical (unpaired) electrons. The summed E-state index contributed by atoms with van der Waals surface area (Å²) in [5.74, 6) is 0.539. The largest absolute Gasteiger partial charge is 0.369 e. The van der Waals surface area contributed by atoms with Crippen molar-refractivity contribution < 1.29 is 0 Å². The smallest absolute Gasteiger partial charge is 0.201 e. The SMILES string of the molecule is Cn1c(N)nc(CCc2ccncc2)c1Br. The molecular formula is C11H13BrN4. The van der Waals surface area contributed by atoms with Crippen LogP contribution in [0.4, 0.5) is 5.95 Å². The molecule has 0 aromatic carbocycles. The van der Waals surface area contributed by atoms with Crippen LogP contribution in [0.25, 0.3) is 0 Å². The van der Waals surface area contributed by atoms with E-state index in [4.69, 9.17) is 5.73 Å². The lowest BCUT2D eigenvalue weighted by atomic mass is 10.1. The van der Waals surface area contributed by atoms with Crippen molar-refractivity contribution in [3.63, 3.8) is 0 Å². The minimum Gasteiger partial charge on any atom is -0.369 e. The average molecular weight is 281 g/mol. The fraction of sp³-hybridized carbons (Fsp3) is 0.273. The van der Waals surface area contributed by atoms with Crippen LogP contribution in [0.2, 0.25) is 0 Å². The average Bonchev–Trinajstić information content (AvgIpc) is 2.56. The highest BCUT2D eigenvalue weighted by Gasteiger charge is 2.09. The zero-order valence-electron chi connectivity index (χ0n) is 9.02. The summed E-state index contributed by atoms with van der Waals surface area (Å²) in [6, 6.07) is 4.03. The first-order chi connectivity index (χ1) is 7.68. The summed E-state index contributed by atoms with van der Waals surface area (Å²) < 4.78 is 2.79. The predicted molar refractivity (Wildman–Crippen MR) is 67.0 cm³/mol. The number of rotatable bonds is 3. The first-order valence-corrected chi connectivity index (χ1v) is 5.83. The summed E-state index contributed by atoms with van der Waals surface area (Å²) in [6.07, 6.45) is 5.42. The molecule has 5 heteroatoms. The Bertz CT molecular complexity index is 478. The van der Waals surface area contributed by atoms with E-state index in [-0.39, 0.29) is 0 Å². The van der Waals surface area contributed by atoms with Crippen molar-refractivity contribution in [2.75, 3.05) is 5.73 Å². The maximum Gasteiger partial charge on any atom is 0.201 e. The third-order valence-corrected chi connectivity index (χ3v) is 3.52. The minimum absolute atomic E-state index is 0.539. The summed E-state index contributed by atoms with van der Waals surface area (Å²) in [4.78, 5) is 8.29. The van der Waals surface area contributed by atoms with E-state index in [0.29, 0.717) is 5.95 Å². The molecule has 0 aliphatic heterocycles. The molecule has 16 heavy (non-hydrogen) atoms. The van der Waals surface area contributed by atoms with Gasteiger partial charge in [-0.3, -0.25) is 4.98 Å². The summed E-state index contributed by atoms with van der Waals surface area (Å²) in [5, 5.41) is 0. The molecule has 0 bridgehead atoms. The number of hydrogen-bond acceptors (Lipinski definition) is 3. The quantitative estimate of drug-likeness (QED) is 0.935. The number of anilines is 1. The van der Waals surface area contributed by atoms with Crippen LogP contribution in [-0.4, -0.2) is 14.5 Å². The van der Waals surface area contributed by atoms with Crippen molar-refractivity contribution in [2.45, 2.75) is 12.8 Å². The highest BCUT2D eigenvalue weighted by molar-refractivity contribution is 9.10. The van der Waals surface area contributed by atoms with Gasteiger partial charge in [0, 0.05) is 19.4 Å². The molecule has 4 nitrogen and oxygen atoms in total. The molecule has 0 unspecified atom stereocenters. The normalized spacial score (nSPS) is 10.6. The third kappa shape index (κ3) is 2.24. The van der Waals surface area contributed by atoms with E-state index in [9.17, 15) is 0 Å². The summed E-state index contributed by atoms with van der Waals surface area (Å²) >= 11 is 3.48. The molecule has 0 aliphatic rings. The Morgan fingerprint density at radius 2 is 2.00 bits per heavy atom. The standard InChI is InChI=1S/C11H13BrN4/c1-16-10(12)9(15-11(16)13)3-2-8-4-6-14-7-5-8/h4-7H,2-3H2,1H3,(H2,13,15). The maximum absolute atomic E-state index is 5.72. The molecule has 0 fully saturated rings. The Balaban J connectivity index is 2.08. The van der Waals surface area contributed by atoms with Gasteiger partial charge in [0.15, 0.2) is 0 Å². The number of halogens is 1. The van der Waals surface area contributed by atoms with E-state index in [1.165, 1.54) is 5.56 Å². The van der Waals surface area contributed by atoms with E-state index in [1.807, 2.05) is 23.7 Å². The lowest BCUT2D eigenvalue weighted by molar-refractivity contribution is 0.883. The molecule has 0 saturated carbocycles. The molecule has 84 valence electrons. The van der Waals surface area contributed by atoms with Crippen molar-refractivity contribution in [1.29, 1.82) is 0 Å². The molecule has 0 spiro atoms. The number of imidazole rings is 1. The van der Waals surface area contributed by atoms with Crippen molar-refractivity contribution in [3.8, 4) is 0 Å². The van der Waals surface area contributed by atoms with E-state index >= 15 is 0 Å². The molecule has 2 aromatic rings. The number of hydrogen-bond donors (Lipinski definition) is 1. The Hall–Kier alpha value is -1.36. The Morgan fingerprint density at radius 1 is 1.31 bits per heavy atom. The van der Waals surface area contributed by atoms with Gasteiger partial charge >= 0.3 is 0 Å². The fourth-order valence-corrected chi connectivity index (χ4v) is 1.99. The van der Waals surface area contributed by atoms with Crippen LogP contribution >= 0.6 is 15.9 Å².